The molecular weight excluding hydrogens is 298 g/mol. The molecule has 3 rings (SSSR count). The van der Waals surface area contributed by atoms with Crippen molar-refractivity contribution in [2.45, 2.75) is 6.54 Å². The normalized spacial score (nSPS) is 11.0. The van der Waals surface area contributed by atoms with Gasteiger partial charge in [0.15, 0.2) is 11.6 Å². The highest BCUT2D eigenvalue weighted by Crippen LogP contribution is 2.25. The Kier molecular flexibility index (Phi) is 3.51. The molecule has 0 aliphatic carbocycles. The Morgan fingerprint density at radius 2 is 1.95 bits per heavy atom. The summed E-state index contributed by atoms with van der Waals surface area (Å²) >= 11 is 5.99. The van der Waals surface area contributed by atoms with Gasteiger partial charge in [0.1, 0.15) is 5.75 Å². The van der Waals surface area contributed by atoms with Crippen LogP contribution in [0.3, 0.4) is 0 Å². The van der Waals surface area contributed by atoms with Crippen LogP contribution in [0.5, 0.6) is 5.75 Å². The fourth-order valence-corrected chi connectivity index (χ4v) is 2.43. The van der Waals surface area contributed by atoms with Gasteiger partial charge in [-0.1, -0.05) is 11.6 Å². The number of ether oxygens (including phenoxy) is 1. The molecule has 0 N–H and O–H groups in total. The summed E-state index contributed by atoms with van der Waals surface area (Å²) in [5.74, 6) is -1.14. The van der Waals surface area contributed by atoms with Crippen LogP contribution in [0.4, 0.5) is 8.78 Å². The second-order valence-corrected chi connectivity index (χ2v) is 5.02. The standard InChI is InChI=1S/C15H11ClF2N2O/c1-21-15-3-2-10(16)4-9(15)7-20-8-19-13-5-11(17)12(18)6-14(13)20/h2-6,8H,7H2,1H3. The molecule has 3 nitrogen and oxygen atoms in total. The number of hydrogen-bond donors (Lipinski definition) is 0. The number of fused-ring (bicyclic) bond motifs is 1. The summed E-state index contributed by atoms with van der Waals surface area (Å²) in [7, 11) is 1.56. The molecule has 0 bridgehead atoms. The van der Waals surface area contributed by atoms with E-state index in [9.17, 15) is 8.78 Å². The number of methoxy groups -OCH3 is 1. The average molecular weight is 309 g/mol. The fraction of sp³-hybridized carbons (Fsp3) is 0.133. The molecule has 108 valence electrons. The molecule has 0 saturated carbocycles. The van der Waals surface area contributed by atoms with Gasteiger partial charge in [-0.25, -0.2) is 13.8 Å². The van der Waals surface area contributed by atoms with Gasteiger partial charge >= 0.3 is 0 Å². The Bertz CT molecular complexity index is 817. The van der Waals surface area contributed by atoms with Gasteiger partial charge in [0, 0.05) is 22.7 Å². The molecule has 0 fully saturated rings. The number of halogens is 3. The maximum Gasteiger partial charge on any atom is 0.161 e. The third-order valence-corrected chi connectivity index (χ3v) is 3.48. The first-order valence-electron chi connectivity index (χ1n) is 6.21. The molecule has 0 radical (unpaired) electrons. The van der Waals surface area contributed by atoms with Gasteiger partial charge < -0.3 is 9.30 Å². The van der Waals surface area contributed by atoms with Crippen LogP contribution in [-0.2, 0) is 6.54 Å². The van der Waals surface area contributed by atoms with Crippen molar-refractivity contribution < 1.29 is 13.5 Å². The van der Waals surface area contributed by atoms with Crippen LogP contribution in [0.2, 0.25) is 5.02 Å². The lowest BCUT2D eigenvalue weighted by Crippen LogP contribution is -2.01. The van der Waals surface area contributed by atoms with Gasteiger partial charge in [-0.2, -0.15) is 0 Å². The van der Waals surface area contributed by atoms with E-state index in [2.05, 4.69) is 4.98 Å². The summed E-state index contributed by atoms with van der Waals surface area (Å²) < 4.78 is 33.6. The number of nitrogens with zero attached hydrogens (tertiary/aromatic N) is 2. The Balaban J connectivity index is 2.06. The predicted octanol–water partition coefficient (Wildman–Crippen LogP) is 4.02. The van der Waals surface area contributed by atoms with E-state index < -0.39 is 11.6 Å². The maximum atomic E-state index is 13.4. The largest absolute Gasteiger partial charge is 0.496 e. The van der Waals surface area contributed by atoms with Crippen molar-refractivity contribution in [3.05, 3.63) is 58.9 Å². The van der Waals surface area contributed by atoms with Gasteiger partial charge in [0.25, 0.3) is 0 Å². The highest BCUT2D eigenvalue weighted by Gasteiger charge is 2.11. The third-order valence-electron chi connectivity index (χ3n) is 3.25. The molecule has 3 aromatic rings. The minimum absolute atomic E-state index is 0.394. The van der Waals surface area contributed by atoms with E-state index in [0.29, 0.717) is 28.4 Å². The molecule has 0 spiro atoms. The first kappa shape index (κ1) is 13.8. The van der Waals surface area contributed by atoms with E-state index in [-0.39, 0.29) is 0 Å². The van der Waals surface area contributed by atoms with Gasteiger partial charge in [0.05, 0.1) is 31.0 Å². The molecule has 21 heavy (non-hydrogen) atoms. The van der Waals surface area contributed by atoms with E-state index >= 15 is 0 Å². The summed E-state index contributed by atoms with van der Waals surface area (Å²) in [6.07, 6.45) is 1.53. The zero-order chi connectivity index (χ0) is 15.0. The molecule has 0 amide bonds. The quantitative estimate of drug-likeness (QED) is 0.730. The first-order valence-corrected chi connectivity index (χ1v) is 6.58. The monoisotopic (exact) mass is 308 g/mol. The molecular formula is C15H11ClF2N2O. The molecule has 0 atom stereocenters. The van der Waals surface area contributed by atoms with Crippen molar-refractivity contribution in [1.29, 1.82) is 0 Å². The first-order chi connectivity index (χ1) is 10.1. The molecule has 0 aliphatic rings. The summed E-state index contributed by atoms with van der Waals surface area (Å²) in [5.41, 5.74) is 1.74. The lowest BCUT2D eigenvalue weighted by Gasteiger charge is -2.10. The van der Waals surface area contributed by atoms with Crippen molar-refractivity contribution >= 4 is 22.6 Å². The highest BCUT2D eigenvalue weighted by atomic mass is 35.5. The van der Waals surface area contributed by atoms with Crippen molar-refractivity contribution in [3.63, 3.8) is 0 Å². The summed E-state index contributed by atoms with van der Waals surface area (Å²) in [4.78, 5) is 4.08. The molecule has 1 heterocycles. The van der Waals surface area contributed by atoms with Crippen LogP contribution in [0.15, 0.2) is 36.7 Å². The zero-order valence-corrected chi connectivity index (χ0v) is 11.9. The van der Waals surface area contributed by atoms with Crippen molar-refractivity contribution in [2.24, 2.45) is 0 Å². The van der Waals surface area contributed by atoms with Crippen LogP contribution in [0.25, 0.3) is 11.0 Å². The van der Waals surface area contributed by atoms with E-state index in [0.717, 1.165) is 17.7 Å². The molecule has 1 aromatic heterocycles. The van der Waals surface area contributed by atoms with E-state index in [1.54, 1.807) is 29.9 Å². The lowest BCUT2D eigenvalue weighted by molar-refractivity contribution is 0.408. The van der Waals surface area contributed by atoms with Gasteiger partial charge in [-0.15, -0.1) is 0 Å². The highest BCUT2D eigenvalue weighted by molar-refractivity contribution is 6.30. The fourth-order valence-electron chi connectivity index (χ4n) is 2.23. The number of imidazole rings is 1. The maximum absolute atomic E-state index is 13.4. The third kappa shape index (κ3) is 2.56. The van der Waals surface area contributed by atoms with E-state index in [1.165, 1.54) is 6.33 Å². The number of aromatic nitrogens is 2. The second-order valence-electron chi connectivity index (χ2n) is 4.58. The van der Waals surface area contributed by atoms with Crippen molar-refractivity contribution in [1.82, 2.24) is 9.55 Å². The number of hydrogen-bond acceptors (Lipinski definition) is 2. The van der Waals surface area contributed by atoms with Gasteiger partial charge in [-0.05, 0) is 18.2 Å². The minimum Gasteiger partial charge on any atom is -0.496 e. The zero-order valence-electron chi connectivity index (χ0n) is 11.1. The van der Waals surface area contributed by atoms with E-state index in [1.807, 2.05) is 0 Å². The molecule has 0 saturated heterocycles. The SMILES string of the molecule is COc1ccc(Cl)cc1Cn1cnc2cc(F)c(F)cc21. The summed E-state index contributed by atoms with van der Waals surface area (Å²) in [5, 5.41) is 0.576. The van der Waals surface area contributed by atoms with Gasteiger partial charge in [0.2, 0.25) is 0 Å². The summed E-state index contributed by atoms with van der Waals surface area (Å²) in [6, 6.07) is 7.47. The molecule has 2 aromatic carbocycles. The van der Waals surface area contributed by atoms with Crippen LogP contribution >= 0.6 is 11.6 Å². The molecule has 0 aliphatic heterocycles. The van der Waals surface area contributed by atoms with Crippen LogP contribution in [0, 0.1) is 11.6 Å². The van der Waals surface area contributed by atoms with Crippen molar-refractivity contribution in [2.75, 3.05) is 7.11 Å². The molecule has 0 unspecified atom stereocenters. The second kappa shape index (κ2) is 5.33. The van der Waals surface area contributed by atoms with Crippen molar-refractivity contribution in [3.8, 4) is 5.75 Å². The van der Waals surface area contributed by atoms with Crippen LogP contribution < -0.4 is 4.74 Å². The van der Waals surface area contributed by atoms with Gasteiger partial charge in [-0.3, -0.25) is 0 Å². The topological polar surface area (TPSA) is 27.1 Å². The Morgan fingerprint density at radius 1 is 1.19 bits per heavy atom. The predicted molar refractivity (Wildman–Crippen MR) is 76.8 cm³/mol. The number of benzene rings is 2. The Hall–Kier alpha value is -2.14. The minimum atomic E-state index is -0.909. The van der Waals surface area contributed by atoms with E-state index in [4.69, 9.17) is 16.3 Å². The number of rotatable bonds is 3. The van der Waals surface area contributed by atoms with Crippen LogP contribution in [0.1, 0.15) is 5.56 Å². The Morgan fingerprint density at radius 3 is 2.71 bits per heavy atom. The van der Waals surface area contributed by atoms with Crippen LogP contribution in [-0.4, -0.2) is 16.7 Å². The summed E-state index contributed by atoms with van der Waals surface area (Å²) in [6.45, 7) is 0.394. The smallest absolute Gasteiger partial charge is 0.161 e. The lowest BCUT2D eigenvalue weighted by atomic mass is 10.2. The average Bonchev–Trinajstić information content (AvgIpc) is 2.82. The molecule has 6 heteroatoms. The Labute approximate surface area is 124 Å².